The Labute approximate surface area is 86.1 Å². The molecule has 12 heavy (non-hydrogen) atoms. The van der Waals surface area contributed by atoms with Crippen molar-refractivity contribution < 1.29 is 0 Å². The molecule has 0 fully saturated rings. The first-order valence-corrected chi connectivity index (χ1v) is 5.27. The maximum absolute atomic E-state index is 4.11. The van der Waals surface area contributed by atoms with Crippen molar-refractivity contribution in [3.05, 3.63) is 28.6 Å². The summed E-state index contributed by atoms with van der Waals surface area (Å²) in [6, 6.07) is 3.97. The smallest absolute Gasteiger partial charge is 0.169 e. The molecule has 0 N–H and O–H groups in total. The first kappa shape index (κ1) is 8.19. The summed E-state index contributed by atoms with van der Waals surface area (Å²) >= 11 is 6.78. The van der Waals surface area contributed by atoms with Crippen LogP contribution >= 0.6 is 31.9 Å². The van der Waals surface area contributed by atoms with E-state index in [1.807, 2.05) is 12.1 Å². The zero-order chi connectivity index (χ0) is 8.55. The zero-order valence-corrected chi connectivity index (χ0v) is 9.21. The van der Waals surface area contributed by atoms with E-state index in [1.54, 1.807) is 10.8 Å². The van der Waals surface area contributed by atoms with E-state index in [0.29, 0.717) is 0 Å². The van der Waals surface area contributed by atoms with Gasteiger partial charge in [0.05, 0.1) is 10.2 Å². The van der Waals surface area contributed by atoms with Gasteiger partial charge < -0.3 is 0 Å². The van der Waals surface area contributed by atoms with Gasteiger partial charge in [-0.25, -0.2) is 9.50 Å². The van der Waals surface area contributed by atoms with Gasteiger partial charge in [0.1, 0.15) is 6.33 Å². The number of halogens is 2. The van der Waals surface area contributed by atoms with Crippen molar-refractivity contribution in [3.63, 3.8) is 0 Å². The van der Waals surface area contributed by atoms with Crippen molar-refractivity contribution in [1.82, 2.24) is 14.6 Å². The summed E-state index contributed by atoms with van der Waals surface area (Å²) in [4.78, 5) is 4.11. The summed E-state index contributed by atoms with van der Waals surface area (Å²) in [5, 5.41) is 4.87. The minimum absolute atomic E-state index is 0.778. The summed E-state index contributed by atoms with van der Waals surface area (Å²) in [6.07, 6.45) is 1.55. The van der Waals surface area contributed by atoms with Crippen LogP contribution in [0, 0.1) is 0 Å². The average molecular weight is 291 g/mol. The van der Waals surface area contributed by atoms with Crippen molar-refractivity contribution in [3.8, 4) is 0 Å². The summed E-state index contributed by atoms with van der Waals surface area (Å²) in [6.45, 7) is 0. The molecule has 0 aliphatic carbocycles. The van der Waals surface area contributed by atoms with Gasteiger partial charge in [0.2, 0.25) is 0 Å². The van der Waals surface area contributed by atoms with Crippen LogP contribution in [0.2, 0.25) is 0 Å². The van der Waals surface area contributed by atoms with Gasteiger partial charge in [0.15, 0.2) is 5.65 Å². The van der Waals surface area contributed by atoms with Crippen LogP contribution in [0.5, 0.6) is 0 Å². The Kier molecular flexibility index (Phi) is 2.14. The molecule has 5 heteroatoms. The number of aromatic nitrogens is 3. The van der Waals surface area contributed by atoms with Crippen LogP contribution in [0.3, 0.4) is 0 Å². The standard InChI is InChI=1S/C7H5Br2N3/c8-3-5-1-2-6(9)7-10-4-11-12(5)7/h1-2,4H,3H2. The van der Waals surface area contributed by atoms with E-state index in [2.05, 4.69) is 41.9 Å². The summed E-state index contributed by atoms with van der Waals surface area (Å²) in [5.41, 5.74) is 1.94. The van der Waals surface area contributed by atoms with Gasteiger partial charge in [-0.05, 0) is 28.1 Å². The molecule has 0 saturated heterocycles. The quantitative estimate of drug-likeness (QED) is 0.755. The molecule has 2 rings (SSSR count). The van der Waals surface area contributed by atoms with Crippen LogP contribution in [0.15, 0.2) is 22.9 Å². The molecule has 0 unspecified atom stereocenters. The molecule has 62 valence electrons. The van der Waals surface area contributed by atoms with Gasteiger partial charge in [0.25, 0.3) is 0 Å². The van der Waals surface area contributed by atoms with Crippen molar-refractivity contribution in [2.24, 2.45) is 0 Å². The van der Waals surface area contributed by atoms with Crippen molar-refractivity contribution in [1.29, 1.82) is 0 Å². The normalized spacial score (nSPS) is 10.8. The van der Waals surface area contributed by atoms with E-state index in [0.717, 1.165) is 21.1 Å². The van der Waals surface area contributed by atoms with E-state index < -0.39 is 0 Å². The van der Waals surface area contributed by atoms with Crippen LogP contribution in [0.4, 0.5) is 0 Å². The minimum atomic E-state index is 0.778. The second-order valence-electron chi connectivity index (χ2n) is 2.30. The summed E-state index contributed by atoms with van der Waals surface area (Å²) in [5.74, 6) is 0. The maximum Gasteiger partial charge on any atom is 0.169 e. The highest BCUT2D eigenvalue weighted by Gasteiger charge is 2.03. The van der Waals surface area contributed by atoms with Gasteiger partial charge in [-0.3, -0.25) is 0 Å². The van der Waals surface area contributed by atoms with Gasteiger partial charge in [-0.15, -0.1) is 0 Å². The Morgan fingerprint density at radius 2 is 2.25 bits per heavy atom. The van der Waals surface area contributed by atoms with E-state index in [-0.39, 0.29) is 0 Å². The number of pyridine rings is 1. The third-order valence-electron chi connectivity index (χ3n) is 1.59. The number of fused-ring (bicyclic) bond motifs is 1. The van der Waals surface area contributed by atoms with E-state index in [9.17, 15) is 0 Å². The molecule has 0 saturated carbocycles. The fraction of sp³-hybridized carbons (Fsp3) is 0.143. The maximum atomic E-state index is 4.11. The number of rotatable bonds is 1. The molecule has 0 radical (unpaired) electrons. The first-order valence-electron chi connectivity index (χ1n) is 3.36. The van der Waals surface area contributed by atoms with Gasteiger partial charge in [0, 0.05) is 5.33 Å². The summed E-state index contributed by atoms with van der Waals surface area (Å²) in [7, 11) is 0. The van der Waals surface area contributed by atoms with Crippen molar-refractivity contribution in [2.75, 3.05) is 0 Å². The molecule has 3 nitrogen and oxygen atoms in total. The van der Waals surface area contributed by atoms with Gasteiger partial charge in [-0.2, -0.15) is 5.10 Å². The Bertz CT molecular complexity index is 410. The third-order valence-corrected chi connectivity index (χ3v) is 2.79. The average Bonchev–Trinajstić information content (AvgIpc) is 2.54. The lowest BCUT2D eigenvalue weighted by molar-refractivity contribution is 0.907. The zero-order valence-electron chi connectivity index (χ0n) is 6.04. The molecule has 0 aromatic carbocycles. The largest absolute Gasteiger partial charge is 0.216 e. The summed E-state index contributed by atoms with van der Waals surface area (Å²) < 4.78 is 2.77. The topological polar surface area (TPSA) is 30.2 Å². The molecule has 0 bridgehead atoms. The van der Waals surface area contributed by atoms with Crippen LogP contribution < -0.4 is 0 Å². The molecule has 0 aliphatic heterocycles. The number of hydrogen-bond donors (Lipinski definition) is 0. The van der Waals surface area contributed by atoms with E-state index in [1.165, 1.54) is 0 Å². The fourth-order valence-electron chi connectivity index (χ4n) is 1.03. The number of nitrogens with zero attached hydrogens (tertiary/aromatic N) is 3. The lowest BCUT2D eigenvalue weighted by atomic mass is 10.4. The minimum Gasteiger partial charge on any atom is -0.216 e. The van der Waals surface area contributed by atoms with Gasteiger partial charge in [-0.1, -0.05) is 15.9 Å². The molecule has 2 aromatic heterocycles. The predicted octanol–water partition coefficient (Wildman–Crippen LogP) is 2.39. The lowest BCUT2D eigenvalue weighted by Gasteiger charge is -2.00. The Morgan fingerprint density at radius 1 is 1.42 bits per heavy atom. The highest BCUT2D eigenvalue weighted by atomic mass is 79.9. The van der Waals surface area contributed by atoms with Crippen LogP contribution in [-0.4, -0.2) is 14.6 Å². The van der Waals surface area contributed by atoms with Gasteiger partial charge >= 0.3 is 0 Å². The van der Waals surface area contributed by atoms with Crippen LogP contribution in [0.1, 0.15) is 5.69 Å². The number of alkyl halides is 1. The second kappa shape index (κ2) is 3.14. The monoisotopic (exact) mass is 289 g/mol. The van der Waals surface area contributed by atoms with Crippen molar-refractivity contribution >= 4 is 37.5 Å². The molecule has 0 aliphatic rings. The molecule has 2 aromatic rings. The first-order chi connectivity index (χ1) is 5.83. The molecule has 0 atom stereocenters. The lowest BCUT2D eigenvalue weighted by Crippen LogP contribution is -1.95. The second-order valence-corrected chi connectivity index (χ2v) is 3.72. The molecule has 0 spiro atoms. The Balaban J connectivity index is 2.82. The van der Waals surface area contributed by atoms with E-state index >= 15 is 0 Å². The van der Waals surface area contributed by atoms with E-state index in [4.69, 9.17) is 0 Å². The third kappa shape index (κ3) is 1.17. The molecule has 0 amide bonds. The highest BCUT2D eigenvalue weighted by molar-refractivity contribution is 9.10. The SMILES string of the molecule is BrCc1ccc(Br)c2ncnn12. The van der Waals surface area contributed by atoms with Crippen LogP contribution in [0.25, 0.3) is 5.65 Å². The fourth-order valence-corrected chi connectivity index (χ4v) is 1.86. The number of hydrogen-bond acceptors (Lipinski definition) is 2. The molecule has 2 heterocycles. The molecular weight excluding hydrogens is 286 g/mol. The Hall–Kier alpha value is -0.420. The predicted molar refractivity (Wildman–Crippen MR) is 53.3 cm³/mol. The van der Waals surface area contributed by atoms with Crippen LogP contribution in [-0.2, 0) is 5.33 Å². The molecular formula is C7H5Br2N3. The highest BCUT2D eigenvalue weighted by Crippen LogP contribution is 2.17. The Morgan fingerprint density at radius 3 is 3.00 bits per heavy atom. The van der Waals surface area contributed by atoms with Crippen molar-refractivity contribution in [2.45, 2.75) is 5.33 Å².